The number of piperidine rings is 2. The molecule has 1 aromatic rings. The maximum atomic E-state index is 13.9. The Balaban J connectivity index is 0.000000655. The Hall–Kier alpha value is -4.72. The molecule has 3 aliphatic rings. The van der Waals surface area contributed by atoms with Crippen LogP contribution >= 0.6 is 11.8 Å². The van der Waals surface area contributed by atoms with Crippen LogP contribution < -0.4 is 4.74 Å². The van der Waals surface area contributed by atoms with Gasteiger partial charge in [0.2, 0.25) is 5.91 Å². The lowest BCUT2D eigenvalue weighted by Crippen LogP contribution is -2.55. The summed E-state index contributed by atoms with van der Waals surface area (Å²) in [6.07, 6.45) is -3.70. The van der Waals surface area contributed by atoms with Gasteiger partial charge in [-0.05, 0) is 63.2 Å². The van der Waals surface area contributed by atoms with Gasteiger partial charge >= 0.3 is 18.3 Å². The van der Waals surface area contributed by atoms with Crippen molar-refractivity contribution >= 4 is 35.8 Å². The summed E-state index contributed by atoms with van der Waals surface area (Å²) in [5.74, 6) is -2.44. The zero-order chi connectivity index (χ0) is 41.7. The molecular weight excluding hydrogens is 767 g/mol. The lowest BCUT2D eigenvalue weighted by Gasteiger charge is -2.45. The molecule has 3 N–H and O–H groups in total. The van der Waals surface area contributed by atoms with Crippen molar-refractivity contribution in [2.24, 2.45) is 5.92 Å². The van der Waals surface area contributed by atoms with Gasteiger partial charge in [0.05, 0.1) is 29.6 Å². The SMILES string of the molecule is C=C(C(=O)N1CCCC(C(=O)N2CCC(C#N)(c3ccccc3OCCCCC(=O)O)CC2)C1CCC)/C(=C\C=N)C(F)(F)F.OC1=CSCC(C(F)(F)F)=C1. The van der Waals surface area contributed by atoms with E-state index in [1.165, 1.54) is 10.3 Å². The first-order chi connectivity index (χ1) is 26.4. The standard InChI is InChI=1S/C33H41F3N4O5.C6H5F3OS/c1-3-9-27-24(10-8-18-40(27)30(43)23(2)25(14-17-37)33(34,35)36)31(44)39-19-15-32(22-38,16-20-39)26-11-4-5-12-28(26)45-21-7-6-13-29(41)42;7-6(8,9)4-1-5(10)3-11-2-4/h4-5,11-12,14,17,24,27,37H,2-3,6-10,13,15-16,18-21H2,1H3,(H,41,42);1,3,10H,2H2/b25-14+,37-17?;. The molecule has 0 bridgehead atoms. The van der Waals surface area contributed by atoms with Crippen LogP contribution in [0.15, 0.2) is 70.9 Å². The van der Waals surface area contributed by atoms with Gasteiger partial charge in [-0.15, -0.1) is 11.8 Å². The van der Waals surface area contributed by atoms with Gasteiger partial charge in [-0.25, -0.2) is 0 Å². The number of para-hydroxylation sites is 1. The normalized spacial score (nSPS) is 20.0. The van der Waals surface area contributed by atoms with Crippen LogP contribution in [0, 0.1) is 22.7 Å². The minimum absolute atomic E-state index is 0.0498. The molecule has 2 atom stereocenters. The van der Waals surface area contributed by atoms with E-state index in [0.717, 1.165) is 17.8 Å². The number of aliphatic hydroxyl groups is 1. The number of aliphatic hydroxyl groups excluding tert-OH is 1. The molecule has 0 spiro atoms. The largest absolute Gasteiger partial charge is 0.507 e. The van der Waals surface area contributed by atoms with E-state index in [2.05, 4.69) is 12.6 Å². The molecule has 2 amide bonds. The number of hydrogen-bond donors (Lipinski definition) is 3. The second-order valence-electron chi connectivity index (χ2n) is 13.6. The summed E-state index contributed by atoms with van der Waals surface area (Å²) in [4.78, 5) is 41.1. The topological polar surface area (TPSA) is 155 Å². The van der Waals surface area contributed by atoms with Crippen molar-refractivity contribution < 1.29 is 55.7 Å². The van der Waals surface area contributed by atoms with Crippen LogP contribution in [0.2, 0.25) is 0 Å². The minimum Gasteiger partial charge on any atom is -0.507 e. The average molecular weight is 813 g/mol. The monoisotopic (exact) mass is 812 g/mol. The lowest BCUT2D eigenvalue weighted by atomic mass is 9.73. The van der Waals surface area contributed by atoms with E-state index in [9.17, 15) is 46.0 Å². The maximum absolute atomic E-state index is 13.9. The van der Waals surface area contributed by atoms with Crippen LogP contribution in [0.4, 0.5) is 26.3 Å². The first-order valence-electron chi connectivity index (χ1n) is 18.1. The molecule has 0 aromatic heterocycles. The molecule has 3 aliphatic heterocycles. The fourth-order valence-electron chi connectivity index (χ4n) is 6.96. The van der Waals surface area contributed by atoms with Crippen LogP contribution in [-0.4, -0.2) is 94.4 Å². The van der Waals surface area contributed by atoms with Crippen molar-refractivity contribution in [1.82, 2.24) is 9.80 Å². The third-order valence-corrected chi connectivity index (χ3v) is 10.7. The van der Waals surface area contributed by atoms with E-state index in [1.807, 2.05) is 19.1 Å². The number of nitrogens with one attached hydrogen (secondary N) is 1. The fourth-order valence-corrected chi connectivity index (χ4v) is 7.70. The number of benzene rings is 1. The Labute approximate surface area is 326 Å². The number of likely N-dealkylation sites (tertiary alicyclic amines) is 2. The molecule has 3 heterocycles. The van der Waals surface area contributed by atoms with E-state index in [-0.39, 0.29) is 43.5 Å². The highest BCUT2D eigenvalue weighted by Gasteiger charge is 2.46. The van der Waals surface area contributed by atoms with Crippen LogP contribution in [0.5, 0.6) is 5.75 Å². The van der Waals surface area contributed by atoms with Crippen LogP contribution in [-0.2, 0) is 19.8 Å². The summed E-state index contributed by atoms with van der Waals surface area (Å²) in [7, 11) is 0. The number of halogens is 6. The Morgan fingerprint density at radius 3 is 2.36 bits per heavy atom. The number of allylic oxidation sites excluding steroid dienone is 2. The van der Waals surface area contributed by atoms with E-state index < -0.39 is 58.3 Å². The van der Waals surface area contributed by atoms with Crippen molar-refractivity contribution in [3.63, 3.8) is 0 Å². The van der Waals surface area contributed by atoms with Crippen LogP contribution in [0.3, 0.4) is 0 Å². The van der Waals surface area contributed by atoms with Gasteiger partial charge in [-0.1, -0.05) is 38.1 Å². The molecule has 2 fully saturated rings. The molecule has 0 radical (unpaired) electrons. The van der Waals surface area contributed by atoms with E-state index >= 15 is 0 Å². The number of carboxylic acids is 1. The van der Waals surface area contributed by atoms with E-state index in [4.69, 9.17) is 20.4 Å². The van der Waals surface area contributed by atoms with Gasteiger partial charge in [-0.3, -0.25) is 14.4 Å². The molecule has 1 aromatic carbocycles. The number of thioether (sulfide) groups is 1. The third-order valence-electron chi connectivity index (χ3n) is 9.80. The molecule has 0 aliphatic carbocycles. The zero-order valence-corrected chi connectivity index (χ0v) is 31.7. The minimum atomic E-state index is -4.86. The number of aliphatic carboxylic acids is 1. The zero-order valence-electron chi connectivity index (χ0n) is 30.9. The molecule has 10 nitrogen and oxygen atoms in total. The Kier molecular flexibility index (Phi) is 16.7. The number of nitrogens with zero attached hydrogens (tertiary/aromatic N) is 3. The molecule has 4 rings (SSSR count). The first-order valence-corrected chi connectivity index (χ1v) is 19.2. The van der Waals surface area contributed by atoms with Gasteiger partial charge in [0.1, 0.15) is 11.5 Å². The Bertz CT molecular complexity index is 1730. The highest BCUT2D eigenvalue weighted by Crippen LogP contribution is 2.41. The lowest BCUT2D eigenvalue weighted by molar-refractivity contribution is -0.145. The van der Waals surface area contributed by atoms with Crippen LogP contribution in [0.25, 0.3) is 0 Å². The average Bonchev–Trinajstić information content (AvgIpc) is 3.16. The van der Waals surface area contributed by atoms with Crippen molar-refractivity contribution in [3.05, 3.63) is 76.4 Å². The van der Waals surface area contributed by atoms with Gasteiger partial charge in [0, 0.05) is 66.2 Å². The number of alkyl halides is 6. The van der Waals surface area contributed by atoms with E-state index in [0.29, 0.717) is 81.6 Å². The van der Waals surface area contributed by atoms with Gasteiger partial charge in [-0.2, -0.15) is 31.6 Å². The molecule has 2 unspecified atom stereocenters. The van der Waals surface area contributed by atoms with Crippen molar-refractivity contribution in [2.75, 3.05) is 32.0 Å². The molecule has 306 valence electrons. The summed E-state index contributed by atoms with van der Waals surface area (Å²) in [5, 5.41) is 36.3. The highest BCUT2D eigenvalue weighted by molar-refractivity contribution is 8.02. The van der Waals surface area contributed by atoms with Crippen molar-refractivity contribution in [1.29, 1.82) is 10.7 Å². The van der Waals surface area contributed by atoms with Crippen molar-refractivity contribution in [2.45, 2.75) is 88.5 Å². The highest BCUT2D eigenvalue weighted by atomic mass is 32.2. The molecule has 0 saturated carbocycles. The molecular formula is C39H46F6N4O6S. The summed E-state index contributed by atoms with van der Waals surface area (Å²) >= 11 is 0.938. The maximum Gasteiger partial charge on any atom is 0.417 e. The number of hydrogen-bond acceptors (Lipinski definition) is 8. The number of carboxylic acid groups (broad SMARTS) is 1. The van der Waals surface area contributed by atoms with Crippen LogP contribution in [0.1, 0.15) is 70.3 Å². The fraction of sp³-hybridized carbons (Fsp3) is 0.513. The summed E-state index contributed by atoms with van der Waals surface area (Å²) in [6.45, 7) is 6.39. The number of carbonyl (C=O) groups is 3. The smallest absolute Gasteiger partial charge is 0.417 e. The summed E-state index contributed by atoms with van der Waals surface area (Å²) in [5.41, 5.74) is -2.91. The van der Waals surface area contributed by atoms with Crippen molar-refractivity contribution in [3.8, 4) is 11.8 Å². The first kappa shape index (κ1) is 45.7. The second kappa shape index (κ2) is 20.4. The predicted molar refractivity (Wildman–Crippen MR) is 199 cm³/mol. The third kappa shape index (κ3) is 12.1. The number of carbonyl (C=O) groups excluding carboxylic acids is 2. The molecule has 56 heavy (non-hydrogen) atoms. The van der Waals surface area contributed by atoms with Gasteiger partial charge in [0.15, 0.2) is 0 Å². The second-order valence-corrected chi connectivity index (χ2v) is 14.4. The van der Waals surface area contributed by atoms with E-state index in [1.54, 1.807) is 17.0 Å². The quantitative estimate of drug-likeness (QED) is 0.0590. The number of ether oxygens (including phenoxy) is 1. The Morgan fingerprint density at radius 1 is 1.12 bits per heavy atom. The number of nitriles is 1. The summed E-state index contributed by atoms with van der Waals surface area (Å²) in [6, 6.07) is 9.09. The predicted octanol–water partition coefficient (Wildman–Crippen LogP) is 8.43. The number of rotatable bonds is 13. The number of amides is 2. The molecule has 2 saturated heterocycles. The Morgan fingerprint density at radius 2 is 1.80 bits per heavy atom. The molecule has 17 heteroatoms. The number of unbranched alkanes of at least 4 members (excludes halogenated alkanes) is 1. The van der Waals surface area contributed by atoms with Gasteiger partial charge < -0.3 is 30.2 Å². The summed E-state index contributed by atoms with van der Waals surface area (Å²) < 4.78 is 82.5. The van der Waals surface area contributed by atoms with Gasteiger partial charge in [0.25, 0.3) is 5.91 Å².